The number of halogens is 1. The average molecular weight is 373 g/mol. The smallest absolute Gasteiger partial charge is 0.216 e. The van der Waals surface area contributed by atoms with Crippen molar-refractivity contribution in [2.45, 2.75) is 38.7 Å². The lowest BCUT2D eigenvalue weighted by Gasteiger charge is -2.10. The number of sulfonamides is 1. The third kappa shape index (κ3) is 6.61. The number of nitrogens with one attached hydrogen (secondary N) is 2. The lowest BCUT2D eigenvalue weighted by molar-refractivity contribution is 0.569. The van der Waals surface area contributed by atoms with E-state index in [0.29, 0.717) is 0 Å². The average Bonchev–Trinajstić information content (AvgIpc) is 2.84. The molecule has 0 bridgehead atoms. The van der Waals surface area contributed by atoms with Gasteiger partial charge >= 0.3 is 0 Å². The Hall–Kier alpha value is -0.920. The summed E-state index contributed by atoms with van der Waals surface area (Å²) >= 11 is 7.46. The van der Waals surface area contributed by atoms with Crippen LogP contribution in [0.4, 0.5) is 0 Å². The van der Waals surface area contributed by atoms with E-state index in [9.17, 15) is 8.42 Å². The summed E-state index contributed by atoms with van der Waals surface area (Å²) in [5, 5.41) is 3.35. The lowest BCUT2D eigenvalue weighted by Crippen LogP contribution is -2.31. The fraction of sp³-hybridized carbons (Fsp3) is 0.375. The minimum absolute atomic E-state index is 0.00653. The molecule has 0 unspecified atom stereocenters. The molecule has 126 valence electrons. The summed E-state index contributed by atoms with van der Waals surface area (Å²) in [6.07, 6.45) is 0. The van der Waals surface area contributed by atoms with Crippen molar-refractivity contribution >= 4 is 33.0 Å². The van der Waals surface area contributed by atoms with Crippen molar-refractivity contribution in [3.05, 3.63) is 56.7 Å². The molecule has 1 aromatic heterocycles. The first-order valence-corrected chi connectivity index (χ1v) is 10.2. The molecule has 0 aliphatic rings. The van der Waals surface area contributed by atoms with Crippen molar-refractivity contribution in [3.63, 3.8) is 0 Å². The monoisotopic (exact) mass is 372 g/mol. The summed E-state index contributed by atoms with van der Waals surface area (Å²) in [6, 6.07) is 11.4. The minimum atomic E-state index is -3.27. The van der Waals surface area contributed by atoms with Gasteiger partial charge < -0.3 is 5.32 Å². The highest BCUT2D eigenvalue weighted by Crippen LogP contribution is 2.21. The van der Waals surface area contributed by atoms with E-state index in [2.05, 4.69) is 10.0 Å². The summed E-state index contributed by atoms with van der Waals surface area (Å²) in [5.41, 5.74) is 1.90. The Morgan fingerprint density at radius 3 is 2.26 bits per heavy atom. The quantitative estimate of drug-likeness (QED) is 0.745. The van der Waals surface area contributed by atoms with Gasteiger partial charge in [-0.1, -0.05) is 35.9 Å². The molecular formula is C16H21ClN2O2S2. The summed E-state index contributed by atoms with van der Waals surface area (Å²) in [7, 11) is -3.27. The van der Waals surface area contributed by atoms with Crippen LogP contribution in [0.1, 0.15) is 29.9 Å². The van der Waals surface area contributed by atoms with E-state index in [4.69, 9.17) is 11.6 Å². The maximum atomic E-state index is 11.9. The van der Waals surface area contributed by atoms with Crippen molar-refractivity contribution < 1.29 is 8.42 Å². The van der Waals surface area contributed by atoms with E-state index in [1.54, 1.807) is 11.3 Å². The van der Waals surface area contributed by atoms with E-state index < -0.39 is 10.0 Å². The fourth-order valence-electron chi connectivity index (χ4n) is 2.15. The fourth-order valence-corrected chi connectivity index (χ4v) is 4.64. The van der Waals surface area contributed by atoms with Crippen molar-refractivity contribution in [2.24, 2.45) is 0 Å². The second-order valence-corrected chi connectivity index (χ2v) is 9.21. The van der Waals surface area contributed by atoms with Gasteiger partial charge in [0.2, 0.25) is 10.0 Å². The van der Waals surface area contributed by atoms with Gasteiger partial charge in [0.1, 0.15) is 0 Å². The maximum Gasteiger partial charge on any atom is 0.216 e. The number of thiophene rings is 1. The molecule has 0 spiro atoms. The number of benzene rings is 1. The largest absolute Gasteiger partial charge is 0.308 e. The summed E-state index contributed by atoms with van der Waals surface area (Å²) in [6.45, 7) is 5.12. The van der Waals surface area contributed by atoms with Crippen LogP contribution in [0.25, 0.3) is 0 Å². The first-order chi connectivity index (χ1) is 10.8. The van der Waals surface area contributed by atoms with E-state index >= 15 is 0 Å². The topological polar surface area (TPSA) is 58.2 Å². The van der Waals surface area contributed by atoms with Crippen LogP contribution >= 0.6 is 22.9 Å². The Morgan fingerprint density at radius 1 is 1.04 bits per heavy atom. The Morgan fingerprint density at radius 2 is 1.70 bits per heavy atom. The van der Waals surface area contributed by atoms with Gasteiger partial charge in [-0.3, -0.25) is 0 Å². The lowest BCUT2D eigenvalue weighted by atomic mass is 10.1. The Balaban J connectivity index is 1.84. The van der Waals surface area contributed by atoms with Crippen molar-refractivity contribution in [3.8, 4) is 0 Å². The standard InChI is InChI=1S/C16H21ClN2O2S2/c1-12(2)19-23(20,21)11-14-5-3-13(4-6-14)9-18-10-15-7-8-16(17)22-15/h3-8,12,18-19H,9-11H2,1-2H3. The Labute approximate surface area is 146 Å². The Kier molecular flexibility index (Phi) is 6.61. The van der Waals surface area contributed by atoms with E-state index in [1.165, 1.54) is 4.88 Å². The molecule has 23 heavy (non-hydrogen) atoms. The molecule has 0 fully saturated rings. The van der Waals surface area contributed by atoms with E-state index in [0.717, 1.165) is 28.6 Å². The first kappa shape index (κ1) is 18.4. The van der Waals surface area contributed by atoms with Gasteiger partial charge in [0.15, 0.2) is 0 Å². The van der Waals surface area contributed by atoms with Crippen LogP contribution < -0.4 is 10.0 Å². The van der Waals surface area contributed by atoms with Gasteiger partial charge in [0, 0.05) is 24.0 Å². The highest BCUT2D eigenvalue weighted by molar-refractivity contribution is 7.88. The molecule has 7 heteroatoms. The molecule has 0 saturated carbocycles. The summed E-state index contributed by atoms with van der Waals surface area (Å²) < 4.78 is 27.2. The zero-order chi connectivity index (χ0) is 16.9. The van der Waals surface area contributed by atoms with Crippen LogP contribution in [-0.4, -0.2) is 14.5 Å². The normalized spacial score (nSPS) is 12.0. The van der Waals surface area contributed by atoms with Gasteiger partial charge in [0.25, 0.3) is 0 Å². The Bertz CT molecular complexity index is 725. The van der Waals surface area contributed by atoms with Gasteiger partial charge in [-0.15, -0.1) is 11.3 Å². The van der Waals surface area contributed by atoms with E-state index in [1.807, 2.05) is 50.2 Å². The summed E-state index contributed by atoms with van der Waals surface area (Å²) in [5.74, 6) is 0.00653. The van der Waals surface area contributed by atoms with Crippen LogP contribution in [0.3, 0.4) is 0 Å². The number of rotatable bonds is 8. The van der Waals surface area contributed by atoms with Crippen molar-refractivity contribution in [2.75, 3.05) is 0 Å². The highest BCUT2D eigenvalue weighted by atomic mass is 35.5. The second kappa shape index (κ2) is 8.26. The third-order valence-electron chi connectivity index (χ3n) is 3.05. The number of hydrogen-bond donors (Lipinski definition) is 2. The van der Waals surface area contributed by atoms with Crippen LogP contribution in [-0.2, 0) is 28.9 Å². The van der Waals surface area contributed by atoms with Crippen molar-refractivity contribution in [1.82, 2.24) is 10.0 Å². The summed E-state index contributed by atoms with van der Waals surface area (Å²) in [4.78, 5) is 1.19. The molecule has 0 radical (unpaired) electrons. The molecule has 0 saturated heterocycles. The van der Waals surface area contributed by atoms with Crippen LogP contribution in [0, 0.1) is 0 Å². The predicted molar refractivity (Wildman–Crippen MR) is 97.2 cm³/mol. The molecule has 2 aromatic rings. The molecule has 0 aliphatic carbocycles. The van der Waals surface area contributed by atoms with Crippen LogP contribution in [0.15, 0.2) is 36.4 Å². The zero-order valence-electron chi connectivity index (χ0n) is 13.2. The zero-order valence-corrected chi connectivity index (χ0v) is 15.6. The van der Waals surface area contributed by atoms with Crippen molar-refractivity contribution in [1.29, 1.82) is 0 Å². The second-order valence-electron chi connectivity index (χ2n) is 5.66. The van der Waals surface area contributed by atoms with Gasteiger partial charge in [0.05, 0.1) is 10.1 Å². The molecular weight excluding hydrogens is 352 g/mol. The van der Waals surface area contributed by atoms with E-state index in [-0.39, 0.29) is 11.8 Å². The molecule has 2 rings (SSSR count). The molecule has 0 aliphatic heterocycles. The van der Waals surface area contributed by atoms with Gasteiger partial charge in [-0.25, -0.2) is 13.1 Å². The molecule has 1 heterocycles. The molecule has 0 atom stereocenters. The third-order valence-corrected chi connectivity index (χ3v) is 5.83. The molecule has 1 aromatic carbocycles. The molecule has 2 N–H and O–H groups in total. The molecule has 4 nitrogen and oxygen atoms in total. The number of hydrogen-bond acceptors (Lipinski definition) is 4. The maximum absolute atomic E-state index is 11.9. The highest BCUT2D eigenvalue weighted by Gasteiger charge is 2.12. The van der Waals surface area contributed by atoms with Crippen LogP contribution in [0.2, 0.25) is 4.34 Å². The van der Waals surface area contributed by atoms with Crippen LogP contribution in [0.5, 0.6) is 0 Å². The minimum Gasteiger partial charge on any atom is -0.308 e. The molecule has 0 amide bonds. The van der Waals surface area contributed by atoms with Gasteiger partial charge in [-0.2, -0.15) is 0 Å². The predicted octanol–water partition coefficient (Wildman–Crippen LogP) is 3.52. The SMILES string of the molecule is CC(C)NS(=O)(=O)Cc1ccc(CNCc2ccc(Cl)s2)cc1. The first-order valence-electron chi connectivity index (χ1n) is 7.37. The van der Waals surface area contributed by atoms with Gasteiger partial charge in [-0.05, 0) is 37.1 Å².